The van der Waals surface area contributed by atoms with E-state index in [1.807, 2.05) is 26.0 Å². The molecule has 0 bridgehead atoms. The molecule has 2 amide bonds. The van der Waals surface area contributed by atoms with E-state index >= 15 is 0 Å². The number of rotatable bonds is 14. The molecule has 49 heavy (non-hydrogen) atoms. The fraction of sp³-hybridized carbons (Fsp3) is 0.342. The summed E-state index contributed by atoms with van der Waals surface area (Å²) in [5, 5.41) is 14.0. The average Bonchev–Trinajstić information content (AvgIpc) is 3.59. The molecule has 1 unspecified atom stereocenters. The van der Waals surface area contributed by atoms with E-state index in [0.717, 1.165) is 70.6 Å². The lowest BCUT2D eigenvalue weighted by Crippen LogP contribution is -2.48. The summed E-state index contributed by atoms with van der Waals surface area (Å²) in [7, 11) is 1.75. The van der Waals surface area contributed by atoms with Crippen molar-refractivity contribution >= 4 is 46.8 Å². The summed E-state index contributed by atoms with van der Waals surface area (Å²) < 4.78 is 5.44. The molecule has 3 aromatic carbocycles. The quantitative estimate of drug-likeness (QED) is 0.0843. The van der Waals surface area contributed by atoms with Gasteiger partial charge in [-0.1, -0.05) is 28.9 Å². The lowest BCUT2D eigenvalue weighted by molar-refractivity contribution is -0.135. The van der Waals surface area contributed by atoms with Gasteiger partial charge in [0.2, 0.25) is 5.91 Å². The van der Waals surface area contributed by atoms with Crippen LogP contribution in [0.5, 0.6) is 0 Å². The summed E-state index contributed by atoms with van der Waals surface area (Å²) in [5.74, 6) is 0.344. The maximum absolute atomic E-state index is 13.7. The third kappa shape index (κ3) is 7.63. The third-order valence-electron chi connectivity index (χ3n) is 9.14. The summed E-state index contributed by atoms with van der Waals surface area (Å²) in [6.07, 6.45) is 3.60. The number of nitrogens with zero attached hydrogens (tertiary/aromatic N) is 5. The van der Waals surface area contributed by atoms with Crippen LogP contribution in [0.4, 0.5) is 17.1 Å². The molecule has 2 N–H and O–H groups in total. The molecular weight excluding hydrogens is 640 g/mol. The molecule has 1 aliphatic heterocycles. The number of aryl methyl sites for hydroxylation is 3. The highest BCUT2D eigenvalue weighted by molar-refractivity contribution is 6.32. The fourth-order valence-corrected chi connectivity index (χ4v) is 6.73. The van der Waals surface area contributed by atoms with Gasteiger partial charge in [0, 0.05) is 61.3 Å². The second kappa shape index (κ2) is 15.4. The van der Waals surface area contributed by atoms with Crippen LogP contribution < -0.4 is 10.6 Å². The predicted octanol–water partition coefficient (Wildman–Crippen LogP) is 7.14. The second-order valence-corrected chi connectivity index (χ2v) is 13.0. The molecule has 4 aromatic rings. The number of aldehydes is 1. The number of amides is 2. The molecular formula is C38H41ClN6O4. The molecule has 0 aliphatic carbocycles. The number of likely N-dealkylation sites (N-methyl/N-ethyl adjacent to an activating group) is 1. The number of carbonyl (C=O) groups excluding carboxylic acids is 3. The summed E-state index contributed by atoms with van der Waals surface area (Å²) in [6.45, 7) is 7.34. The van der Waals surface area contributed by atoms with E-state index < -0.39 is 6.04 Å². The van der Waals surface area contributed by atoms with Crippen LogP contribution in [-0.4, -0.2) is 59.2 Å². The molecule has 0 fully saturated rings. The van der Waals surface area contributed by atoms with E-state index in [4.69, 9.17) is 21.9 Å². The van der Waals surface area contributed by atoms with Gasteiger partial charge in [-0.05, 0) is 106 Å². The molecule has 10 nitrogen and oxygen atoms in total. The Hall–Kier alpha value is -5.14. The van der Waals surface area contributed by atoms with Crippen LogP contribution in [0, 0.1) is 32.1 Å². The van der Waals surface area contributed by atoms with Gasteiger partial charge in [0.05, 0.1) is 16.3 Å². The minimum absolute atomic E-state index is 0.179. The Morgan fingerprint density at radius 2 is 1.88 bits per heavy atom. The van der Waals surface area contributed by atoms with E-state index in [1.54, 1.807) is 41.1 Å². The molecule has 5 rings (SSSR count). The van der Waals surface area contributed by atoms with Crippen LogP contribution in [0.15, 0.2) is 59.1 Å². The number of carbonyl (C=O) groups is 3. The minimum atomic E-state index is -0.735. The summed E-state index contributed by atoms with van der Waals surface area (Å²) in [5.41, 5.74) is 14.0. The number of benzene rings is 3. The number of hydrogen-bond acceptors (Lipinski definition) is 8. The van der Waals surface area contributed by atoms with E-state index in [9.17, 15) is 19.6 Å². The van der Waals surface area contributed by atoms with Gasteiger partial charge in [0.25, 0.3) is 5.91 Å². The first-order valence-electron chi connectivity index (χ1n) is 16.4. The van der Waals surface area contributed by atoms with Crippen LogP contribution >= 0.6 is 11.6 Å². The van der Waals surface area contributed by atoms with E-state index in [1.165, 1.54) is 0 Å². The molecule has 1 aromatic heterocycles. The highest BCUT2D eigenvalue weighted by atomic mass is 35.5. The molecule has 0 spiro atoms. The topological polar surface area (TPSA) is 137 Å². The number of halogens is 1. The molecule has 11 heteroatoms. The van der Waals surface area contributed by atoms with Gasteiger partial charge in [-0.25, -0.2) is 0 Å². The van der Waals surface area contributed by atoms with Gasteiger partial charge >= 0.3 is 0 Å². The average molecular weight is 681 g/mol. The highest BCUT2D eigenvalue weighted by Gasteiger charge is 2.37. The Morgan fingerprint density at radius 3 is 2.57 bits per heavy atom. The molecule has 1 aliphatic rings. The number of nitrogen functional groups attached to an aromatic ring is 1. The van der Waals surface area contributed by atoms with Crippen molar-refractivity contribution in [3.05, 3.63) is 93.3 Å². The van der Waals surface area contributed by atoms with Gasteiger partial charge in [0.1, 0.15) is 24.2 Å². The maximum Gasteiger partial charge on any atom is 0.255 e. The maximum atomic E-state index is 13.7. The van der Waals surface area contributed by atoms with Crippen LogP contribution in [0.1, 0.15) is 70.6 Å². The fourth-order valence-electron chi connectivity index (χ4n) is 6.52. The van der Waals surface area contributed by atoms with Crippen molar-refractivity contribution in [1.82, 2.24) is 15.0 Å². The zero-order valence-electron chi connectivity index (χ0n) is 28.3. The number of nitriles is 1. The normalized spacial score (nSPS) is 12.8. The standard InChI is InChI=1S/C38H41ClN6O4/c1-24-10-11-27(36-25(2)42-49-26(36)3)20-35(24)44(31-14-12-28(22-40)33(39)21-31)17-7-5-6-16-43(4)38(48)34(9-8-18-46)45-23-29-19-30(41)13-15-32(29)37(45)47/h10-15,18-21,34H,5-9,16-17,23,41H2,1-4H3. The summed E-state index contributed by atoms with van der Waals surface area (Å²) in [6, 6.07) is 18.3. The summed E-state index contributed by atoms with van der Waals surface area (Å²) in [4.78, 5) is 43.6. The minimum Gasteiger partial charge on any atom is -0.399 e. The second-order valence-electron chi connectivity index (χ2n) is 12.6. The Labute approximate surface area is 292 Å². The van der Waals surface area contributed by atoms with Crippen LogP contribution in [-0.2, 0) is 16.1 Å². The number of nitrogens with two attached hydrogens (primary N) is 1. The van der Waals surface area contributed by atoms with Crippen molar-refractivity contribution in [2.75, 3.05) is 30.8 Å². The highest BCUT2D eigenvalue weighted by Crippen LogP contribution is 2.36. The van der Waals surface area contributed by atoms with Crippen LogP contribution in [0.3, 0.4) is 0 Å². The Bertz CT molecular complexity index is 1900. The van der Waals surface area contributed by atoms with Crippen molar-refractivity contribution in [3.63, 3.8) is 0 Å². The Balaban J connectivity index is 1.27. The monoisotopic (exact) mass is 680 g/mol. The lowest BCUT2D eigenvalue weighted by Gasteiger charge is -2.30. The molecule has 2 heterocycles. The van der Waals surface area contributed by atoms with E-state index in [0.29, 0.717) is 34.9 Å². The molecule has 254 valence electrons. The first-order valence-corrected chi connectivity index (χ1v) is 16.8. The number of unbranched alkanes of at least 4 members (excludes halogenated alkanes) is 2. The third-order valence-corrected chi connectivity index (χ3v) is 9.45. The first-order chi connectivity index (χ1) is 23.5. The smallest absolute Gasteiger partial charge is 0.255 e. The van der Waals surface area contributed by atoms with Crippen molar-refractivity contribution in [2.45, 2.75) is 65.5 Å². The van der Waals surface area contributed by atoms with E-state index in [2.05, 4.69) is 41.2 Å². The molecule has 1 atom stereocenters. The van der Waals surface area contributed by atoms with Gasteiger partial charge in [-0.3, -0.25) is 9.59 Å². The Morgan fingerprint density at radius 1 is 1.10 bits per heavy atom. The van der Waals surface area contributed by atoms with Crippen molar-refractivity contribution in [2.24, 2.45) is 0 Å². The van der Waals surface area contributed by atoms with Crippen LogP contribution in [0.25, 0.3) is 11.1 Å². The van der Waals surface area contributed by atoms with Crippen LogP contribution in [0.2, 0.25) is 5.02 Å². The van der Waals surface area contributed by atoms with Crippen molar-refractivity contribution < 1.29 is 18.9 Å². The molecule has 0 saturated heterocycles. The van der Waals surface area contributed by atoms with Crippen molar-refractivity contribution in [1.29, 1.82) is 5.26 Å². The Kier molecular flexibility index (Phi) is 11.0. The van der Waals surface area contributed by atoms with Gasteiger partial charge in [0.15, 0.2) is 0 Å². The van der Waals surface area contributed by atoms with Gasteiger partial charge in [-0.2, -0.15) is 5.26 Å². The number of aromatic nitrogens is 1. The van der Waals surface area contributed by atoms with Crippen molar-refractivity contribution in [3.8, 4) is 17.2 Å². The van der Waals surface area contributed by atoms with Gasteiger partial charge in [-0.15, -0.1) is 0 Å². The number of fused-ring (bicyclic) bond motifs is 1. The zero-order chi connectivity index (χ0) is 35.2. The molecule has 0 radical (unpaired) electrons. The summed E-state index contributed by atoms with van der Waals surface area (Å²) >= 11 is 6.49. The number of hydrogen-bond donors (Lipinski definition) is 1. The first kappa shape index (κ1) is 35.2. The lowest BCUT2D eigenvalue weighted by atomic mass is 10.00. The molecule has 0 saturated carbocycles. The number of anilines is 3. The predicted molar refractivity (Wildman–Crippen MR) is 191 cm³/mol. The zero-order valence-corrected chi connectivity index (χ0v) is 29.1. The van der Waals surface area contributed by atoms with Gasteiger partial charge < -0.3 is 29.8 Å². The SMILES string of the molecule is Cc1ccc(-c2c(C)noc2C)cc1N(CCCCCN(C)C(=O)C(CCC=O)N1Cc2cc(N)ccc2C1=O)c1ccc(C#N)c(Cl)c1. The van der Waals surface area contributed by atoms with E-state index in [-0.39, 0.29) is 31.2 Å². The largest absolute Gasteiger partial charge is 0.399 e.